The van der Waals surface area contributed by atoms with Crippen LogP contribution in [0.1, 0.15) is 45.7 Å². The molecule has 1 aromatic rings. The number of hydrogen-bond donors (Lipinski definition) is 1. The minimum absolute atomic E-state index is 0.00822. The highest BCUT2D eigenvalue weighted by atomic mass is 16.5. The largest absolute Gasteiger partial charge is 0.378 e. The van der Waals surface area contributed by atoms with E-state index in [9.17, 15) is 4.79 Å². The molecule has 1 N–H and O–H groups in total. The third-order valence-electron chi connectivity index (χ3n) is 4.93. The summed E-state index contributed by atoms with van der Waals surface area (Å²) in [6.07, 6.45) is 4.61. The van der Waals surface area contributed by atoms with Gasteiger partial charge in [-0.25, -0.2) is 4.79 Å². The van der Waals surface area contributed by atoms with E-state index in [4.69, 9.17) is 4.74 Å². The van der Waals surface area contributed by atoms with Crippen LogP contribution in [0.15, 0.2) is 24.5 Å². The van der Waals surface area contributed by atoms with Gasteiger partial charge in [0.2, 0.25) is 0 Å². The van der Waals surface area contributed by atoms with Crippen LogP contribution in [0.3, 0.4) is 0 Å². The minimum Gasteiger partial charge on any atom is -0.378 e. The van der Waals surface area contributed by atoms with Gasteiger partial charge < -0.3 is 15.0 Å². The summed E-state index contributed by atoms with van der Waals surface area (Å²) in [5, 5.41) is 3.14. The number of pyridine rings is 1. The molecule has 1 heterocycles. The quantitative estimate of drug-likeness (QED) is 0.910. The van der Waals surface area contributed by atoms with Gasteiger partial charge in [-0.15, -0.1) is 0 Å². The molecule has 2 rings (SSSR count). The summed E-state index contributed by atoms with van der Waals surface area (Å²) in [6.45, 7) is 9.03. The first-order chi connectivity index (χ1) is 10.4. The molecular formula is C17H27N3O2. The predicted molar refractivity (Wildman–Crippen MR) is 86.5 cm³/mol. The van der Waals surface area contributed by atoms with Gasteiger partial charge in [0.25, 0.3) is 0 Å². The van der Waals surface area contributed by atoms with Crippen molar-refractivity contribution in [1.82, 2.24) is 15.2 Å². The molecule has 1 aliphatic rings. The highest BCUT2D eigenvalue weighted by Crippen LogP contribution is 2.42. The van der Waals surface area contributed by atoms with Crippen molar-refractivity contribution in [3.05, 3.63) is 30.1 Å². The Morgan fingerprint density at radius 2 is 2.14 bits per heavy atom. The molecule has 1 aliphatic carbocycles. The van der Waals surface area contributed by atoms with E-state index in [1.807, 2.05) is 33.0 Å². The second-order valence-electron chi connectivity index (χ2n) is 6.57. The van der Waals surface area contributed by atoms with Gasteiger partial charge in [-0.05, 0) is 38.0 Å². The predicted octanol–water partition coefficient (Wildman–Crippen LogP) is 2.99. The topological polar surface area (TPSA) is 54.5 Å². The number of hydrogen-bond acceptors (Lipinski definition) is 3. The maximum Gasteiger partial charge on any atom is 0.317 e. The molecule has 0 saturated heterocycles. The Kier molecular flexibility index (Phi) is 5.06. The molecule has 122 valence electrons. The Morgan fingerprint density at radius 3 is 2.68 bits per heavy atom. The first-order valence-electron chi connectivity index (χ1n) is 7.92. The Morgan fingerprint density at radius 1 is 1.50 bits per heavy atom. The summed E-state index contributed by atoms with van der Waals surface area (Å²) >= 11 is 0. The number of rotatable bonds is 5. The zero-order valence-corrected chi connectivity index (χ0v) is 14.2. The molecule has 0 aromatic carbocycles. The van der Waals surface area contributed by atoms with E-state index < -0.39 is 0 Å². The third kappa shape index (κ3) is 3.24. The van der Waals surface area contributed by atoms with Crippen molar-refractivity contribution in [1.29, 1.82) is 0 Å². The van der Waals surface area contributed by atoms with E-state index in [1.54, 1.807) is 17.3 Å². The van der Waals surface area contributed by atoms with Crippen molar-refractivity contribution >= 4 is 6.03 Å². The van der Waals surface area contributed by atoms with Gasteiger partial charge >= 0.3 is 6.03 Å². The van der Waals surface area contributed by atoms with Crippen molar-refractivity contribution in [2.24, 2.45) is 5.41 Å². The summed E-state index contributed by atoms with van der Waals surface area (Å²) in [6, 6.07) is 3.99. The maximum absolute atomic E-state index is 12.5. The first-order valence-corrected chi connectivity index (χ1v) is 7.92. The molecule has 22 heavy (non-hydrogen) atoms. The molecule has 3 atom stereocenters. The monoisotopic (exact) mass is 305 g/mol. The summed E-state index contributed by atoms with van der Waals surface area (Å²) in [7, 11) is 1.83. The number of carbonyl (C=O) groups is 1. The molecule has 0 aliphatic heterocycles. The lowest BCUT2D eigenvalue weighted by atomic mass is 9.64. The highest BCUT2D eigenvalue weighted by Gasteiger charge is 2.49. The van der Waals surface area contributed by atoms with Gasteiger partial charge in [0.15, 0.2) is 0 Å². The summed E-state index contributed by atoms with van der Waals surface area (Å²) in [5.74, 6) is 0. The molecule has 5 heteroatoms. The Bertz CT molecular complexity index is 504. The average Bonchev–Trinajstić information content (AvgIpc) is 2.53. The second kappa shape index (κ2) is 6.65. The van der Waals surface area contributed by atoms with E-state index in [0.717, 1.165) is 12.0 Å². The molecule has 1 saturated carbocycles. The number of amides is 2. The van der Waals surface area contributed by atoms with Crippen molar-refractivity contribution in [3.63, 3.8) is 0 Å². The van der Waals surface area contributed by atoms with Crippen LogP contribution in [0.2, 0.25) is 0 Å². The third-order valence-corrected chi connectivity index (χ3v) is 4.93. The maximum atomic E-state index is 12.5. The average molecular weight is 305 g/mol. The zero-order valence-electron chi connectivity index (χ0n) is 14.2. The zero-order chi connectivity index (χ0) is 16.3. The van der Waals surface area contributed by atoms with Gasteiger partial charge in [-0.2, -0.15) is 0 Å². The minimum atomic E-state index is -0.0441. The summed E-state index contributed by atoms with van der Waals surface area (Å²) in [4.78, 5) is 18.2. The Balaban J connectivity index is 1.93. The molecule has 1 fully saturated rings. The lowest BCUT2D eigenvalue weighted by Gasteiger charge is -2.52. The van der Waals surface area contributed by atoms with E-state index in [0.29, 0.717) is 6.61 Å². The molecule has 1 aromatic heterocycles. The van der Waals surface area contributed by atoms with Gasteiger partial charge in [0.05, 0.1) is 12.1 Å². The SMILES string of the molecule is CCO[C@@H]1C[C@@H](NC(=O)N(C)[C@@H](C)c2ccncc2)C1(C)C. The number of nitrogens with one attached hydrogen (secondary N) is 1. The first kappa shape index (κ1) is 16.7. The summed E-state index contributed by atoms with van der Waals surface area (Å²) < 4.78 is 5.71. The van der Waals surface area contributed by atoms with E-state index in [1.165, 1.54) is 0 Å². The van der Waals surface area contributed by atoms with Crippen molar-refractivity contribution in [2.45, 2.75) is 52.3 Å². The molecule has 0 spiro atoms. The Labute approximate surface area is 133 Å². The molecule has 5 nitrogen and oxygen atoms in total. The van der Waals surface area contributed by atoms with Crippen LogP contribution in [-0.4, -0.2) is 41.7 Å². The molecule has 2 amide bonds. The lowest BCUT2D eigenvalue weighted by molar-refractivity contribution is -0.111. The number of urea groups is 1. The van der Waals surface area contributed by atoms with Gasteiger partial charge in [0.1, 0.15) is 0 Å². The number of carbonyl (C=O) groups excluding carboxylic acids is 1. The normalized spacial score (nSPS) is 24.2. The van der Waals surface area contributed by atoms with Crippen molar-refractivity contribution < 1.29 is 9.53 Å². The summed E-state index contributed by atoms with van der Waals surface area (Å²) in [5.41, 5.74) is 1.06. The second-order valence-corrected chi connectivity index (χ2v) is 6.57. The Hall–Kier alpha value is -1.62. The van der Waals surface area contributed by atoms with Gasteiger partial charge in [-0.1, -0.05) is 13.8 Å². The number of aromatic nitrogens is 1. The fourth-order valence-electron chi connectivity index (χ4n) is 2.91. The lowest BCUT2D eigenvalue weighted by Crippen LogP contribution is -2.63. The van der Waals surface area contributed by atoms with E-state index >= 15 is 0 Å². The van der Waals surface area contributed by atoms with E-state index in [-0.39, 0.29) is 29.6 Å². The fraction of sp³-hybridized carbons (Fsp3) is 0.647. The van der Waals surface area contributed by atoms with Crippen LogP contribution in [0.4, 0.5) is 4.79 Å². The van der Waals surface area contributed by atoms with Crippen LogP contribution in [0.25, 0.3) is 0 Å². The van der Waals surface area contributed by atoms with Crippen molar-refractivity contribution in [3.8, 4) is 0 Å². The van der Waals surface area contributed by atoms with Crippen LogP contribution >= 0.6 is 0 Å². The van der Waals surface area contributed by atoms with E-state index in [2.05, 4.69) is 24.1 Å². The highest BCUT2D eigenvalue weighted by molar-refractivity contribution is 5.75. The smallest absolute Gasteiger partial charge is 0.317 e. The van der Waals surface area contributed by atoms with Crippen LogP contribution < -0.4 is 5.32 Å². The van der Waals surface area contributed by atoms with Crippen LogP contribution in [0, 0.1) is 5.41 Å². The fourth-order valence-corrected chi connectivity index (χ4v) is 2.91. The molecule has 0 bridgehead atoms. The molecule has 0 unspecified atom stereocenters. The van der Waals surface area contributed by atoms with Gasteiger partial charge in [0, 0.05) is 37.5 Å². The molecular weight excluding hydrogens is 278 g/mol. The van der Waals surface area contributed by atoms with Gasteiger partial charge in [-0.3, -0.25) is 4.98 Å². The van der Waals surface area contributed by atoms with Crippen LogP contribution in [-0.2, 0) is 4.74 Å². The standard InChI is InChI=1S/C17H27N3O2/c1-6-22-15-11-14(17(15,3)4)19-16(21)20(5)12(2)13-7-9-18-10-8-13/h7-10,12,14-15H,6,11H2,1-5H3,(H,19,21)/t12-,14+,15+/m0/s1. The van der Waals surface area contributed by atoms with Crippen molar-refractivity contribution in [2.75, 3.05) is 13.7 Å². The van der Waals surface area contributed by atoms with Crippen LogP contribution in [0.5, 0.6) is 0 Å². The molecule has 0 radical (unpaired) electrons. The number of ether oxygens (including phenoxy) is 1. The number of nitrogens with zero attached hydrogens (tertiary/aromatic N) is 2.